The normalized spacial score (nSPS) is 17.7. The van der Waals surface area contributed by atoms with Crippen LogP contribution in [0.5, 0.6) is 0 Å². The molecule has 2 N–H and O–H groups in total. The van der Waals surface area contributed by atoms with Crippen LogP contribution in [0.2, 0.25) is 0 Å². The van der Waals surface area contributed by atoms with Crippen LogP contribution in [0.3, 0.4) is 0 Å². The number of rotatable bonds is 3. The van der Waals surface area contributed by atoms with E-state index in [1.54, 1.807) is 0 Å². The number of carboxylic acid groups (broad SMARTS) is 1. The first-order valence-electron chi connectivity index (χ1n) is 7.73. The lowest BCUT2D eigenvalue weighted by Crippen LogP contribution is -2.37. The SMILES string of the molecule is C=CC(=O)N1CCCCC1c1nc(C(C)C)n[nH]1.O=C(O)C(F)(F)F. The van der Waals surface area contributed by atoms with Crippen molar-refractivity contribution >= 4 is 11.9 Å². The summed E-state index contributed by atoms with van der Waals surface area (Å²) in [4.78, 5) is 27.1. The molecule has 25 heavy (non-hydrogen) atoms. The minimum absolute atomic E-state index is 0.0178. The van der Waals surface area contributed by atoms with Crippen molar-refractivity contribution in [3.05, 3.63) is 24.3 Å². The molecule has 0 spiro atoms. The van der Waals surface area contributed by atoms with Gasteiger partial charge in [-0.2, -0.15) is 18.3 Å². The molecule has 10 heteroatoms. The third-order valence-corrected chi connectivity index (χ3v) is 3.56. The van der Waals surface area contributed by atoms with Gasteiger partial charge >= 0.3 is 12.1 Å². The third-order valence-electron chi connectivity index (χ3n) is 3.56. The van der Waals surface area contributed by atoms with Gasteiger partial charge in [-0.25, -0.2) is 9.78 Å². The zero-order chi connectivity index (χ0) is 19.2. The summed E-state index contributed by atoms with van der Waals surface area (Å²) >= 11 is 0. The lowest BCUT2D eigenvalue weighted by Gasteiger charge is -2.33. The largest absolute Gasteiger partial charge is 0.490 e. The summed E-state index contributed by atoms with van der Waals surface area (Å²) in [5, 5.41) is 14.3. The van der Waals surface area contributed by atoms with Crippen LogP contribution in [0, 0.1) is 0 Å². The van der Waals surface area contributed by atoms with Crippen LogP contribution in [0.4, 0.5) is 13.2 Å². The Morgan fingerprint density at radius 2 is 2.00 bits per heavy atom. The number of nitrogens with one attached hydrogen (secondary N) is 1. The summed E-state index contributed by atoms with van der Waals surface area (Å²) in [5.41, 5.74) is 0. The highest BCUT2D eigenvalue weighted by molar-refractivity contribution is 5.87. The second-order valence-corrected chi connectivity index (χ2v) is 5.78. The zero-order valence-corrected chi connectivity index (χ0v) is 14.0. The Labute approximate surface area is 142 Å². The fourth-order valence-electron chi connectivity index (χ4n) is 2.29. The van der Waals surface area contributed by atoms with Crippen LogP contribution in [-0.2, 0) is 9.59 Å². The number of amides is 1. The van der Waals surface area contributed by atoms with E-state index >= 15 is 0 Å². The first kappa shape index (κ1) is 20.7. The number of likely N-dealkylation sites (tertiary alicyclic amines) is 1. The van der Waals surface area contributed by atoms with E-state index in [9.17, 15) is 18.0 Å². The van der Waals surface area contributed by atoms with Gasteiger partial charge in [0, 0.05) is 12.5 Å². The highest BCUT2D eigenvalue weighted by Gasteiger charge is 2.38. The van der Waals surface area contributed by atoms with Crippen molar-refractivity contribution in [2.45, 2.75) is 51.2 Å². The standard InChI is InChI=1S/C13H20N4O.C2HF3O2/c1-4-11(18)17-8-6-5-7-10(17)13-14-12(9(2)3)15-16-13;3-2(4,5)1(6)7/h4,9-10H,1,5-8H2,2-3H3,(H,14,15,16);(H,6,7). The van der Waals surface area contributed by atoms with E-state index in [2.05, 4.69) is 35.6 Å². The van der Waals surface area contributed by atoms with Gasteiger partial charge in [0.15, 0.2) is 5.82 Å². The number of H-pyrrole nitrogens is 1. The molecule has 1 amide bonds. The molecule has 140 valence electrons. The van der Waals surface area contributed by atoms with E-state index in [1.165, 1.54) is 6.08 Å². The second-order valence-electron chi connectivity index (χ2n) is 5.78. The Morgan fingerprint density at radius 1 is 1.40 bits per heavy atom. The predicted molar refractivity (Wildman–Crippen MR) is 82.7 cm³/mol. The highest BCUT2D eigenvalue weighted by atomic mass is 19.4. The zero-order valence-electron chi connectivity index (χ0n) is 14.0. The number of piperidine rings is 1. The molecule has 7 nitrogen and oxygen atoms in total. The van der Waals surface area contributed by atoms with Crippen molar-refractivity contribution in [2.75, 3.05) is 6.54 Å². The quantitative estimate of drug-likeness (QED) is 0.806. The maximum Gasteiger partial charge on any atom is 0.490 e. The lowest BCUT2D eigenvalue weighted by atomic mass is 10.0. The monoisotopic (exact) mass is 362 g/mol. The van der Waals surface area contributed by atoms with Gasteiger partial charge in [0.25, 0.3) is 0 Å². The van der Waals surface area contributed by atoms with Gasteiger partial charge in [-0.15, -0.1) is 0 Å². The van der Waals surface area contributed by atoms with E-state index < -0.39 is 12.1 Å². The number of carbonyl (C=O) groups is 2. The number of nitrogens with zero attached hydrogens (tertiary/aromatic N) is 3. The second kappa shape index (κ2) is 8.63. The molecule has 2 heterocycles. The van der Waals surface area contributed by atoms with Crippen molar-refractivity contribution in [3.8, 4) is 0 Å². The molecule has 1 aromatic rings. The Balaban J connectivity index is 0.000000381. The van der Waals surface area contributed by atoms with Crippen molar-refractivity contribution < 1.29 is 27.9 Å². The fourth-order valence-corrected chi connectivity index (χ4v) is 2.29. The van der Waals surface area contributed by atoms with E-state index in [0.717, 1.165) is 37.5 Å². The summed E-state index contributed by atoms with van der Waals surface area (Å²) in [6.45, 7) is 8.44. The first-order valence-corrected chi connectivity index (χ1v) is 7.73. The number of carboxylic acids is 1. The van der Waals surface area contributed by atoms with Gasteiger partial charge in [0.2, 0.25) is 5.91 Å². The van der Waals surface area contributed by atoms with Crippen LogP contribution in [-0.4, -0.2) is 49.8 Å². The molecule has 1 aromatic heterocycles. The molecule has 0 saturated carbocycles. The van der Waals surface area contributed by atoms with Crippen LogP contribution in [0.25, 0.3) is 0 Å². The van der Waals surface area contributed by atoms with Crippen LogP contribution < -0.4 is 0 Å². The molecule has 0 aromatic carbocycles. The first-order chi connectivity index (χ1) is 11.6. The molecule has 0 aliphatic carbocycles. The molecule has 0 radical (unpaired) electrons. The molecular weight excluding hydrogens is 341 g/mol. The maximum absolute atomic E-state index is 11.8. The number of halogens is 3. The molecular formula is C15H21F3N4O3. The minimum atomic E-state index is -5.08. The number of aromatic nitrogens is 3. The number of hydrogen-bond donors (Lipinski definition) is 2. The van der Waals surface area contributed by atoms with Gasteiger partial charge in [-0.3, -0.25) is 9.89 Å². The summed E-state index contributed by atoms with van der Waals surface area (Å²) in [6, 6.07) is 0.0178. The molecule has 1 unspecified atom stereocenters. The number of alkyl halides is 3. The van der Waals surface area contributed by atoms with E-state index in [1.807, 2.05) is 4.90 Å². The van der Waals surface area contributed by atoms with Crippen molar-refractivity contribution in [1.29, 1.82) is 0 Å². The number of carbonyl (C=O) groups excluding carboxylic acids is 1. The van der Waals surface area contributed by atoms with Gasteiger partial charge in [0.1, 0.15) is 5.82 Å². The molecule has 1 saturated heterocycles. The van der Waals surface area contributed by atoms with Crippen LogP contribution in [0.1, 0.15) is 56.7 Å². The predicted octanol–water partition coefficient (Wildman–Crippen LogP) is 2.80. The van der Waals surface area contributed by atoms with E-state index in [4.69, 9.17) is 9.90 Å². The molecule has 1 fully saturated rings. The smallest absolute Gasteiger partial charge is 0.475 e. The number of hydrogen-bond acceptors (Lipinski definition) is 4. The third kappa shape index (κ3) is 5.87. The lowest BCUT2D eigenvalue weighted by molar-refractivity contribution is -0.192. The molecule has 2 rings (SSSR count). The van der Waals surface area contributed by atoms with Crippen LogP contribution >= 0.6 is 0 Å². The minimum Gasteiger partial charge on any atom is -0.475 e. The average molecular weight is 362 g/mol. The van der Waals surface area contributed by atoms with Crippen molar-refractivity contribution in [3.63, 3.8) is 0 Å². The Kier molecular flexibility index (Phi) is 7.13. The maximum atomic E-state index is 11.8. The van der Waals surface area contributed by atoms with Crippen molar-refractivity contribution in [2.24, 2.45) is 0 Å². The fraction of sp³-hybridized carbons (Fsp3) is 0.600. The van der Waals surface area contributed by atoms with Crippen molar-refractivity contribution in [1.82, 2.24) is 20.1 Å². The van der Waals surface area contributed by atoms with E-state index in [0.29, 0.717) is 5.92 Å². The summed E-state index contributed by atoms with van der Waals surface area (Å²) in [5.74, 6) is -0.882. The average Bonchev–Trinajstić information content (AvgIpc) is 3.04. The Hall–Kier alpha value is -2.39. The topological polar surface area (TPSA) is 99.2 Å². The van der Waals surface area contributed by atoms with Gasteiger partial charge < -0.3 is 10.0 Å². The highest BCUT2D eigenvalue weighted by Crippen LogP contribution is 2.29. The molecule has 1 aliphatic heterocycles. The summed E-state index contributed by atoms with van der Waals surface area (Å²) in [7, 11) is 0. The van der Waals surface area contributed by atoms with Gasteiger partial charge in [-0.1, -0.05) is 20.4 Å². The van der Waals surface area contributed by atoms with Gasteiger partial charge in [0.05, 0.1) is 6.04 Å². The molecule has 1 atom stereocenters. The summed E-state index contributed by atoms with van der Waals surface area (Å²) in [6.07, 6.45) is -0.616. The van der Waals surface area contributed by atoms with Gasteiger partial charge in [-0.05, 0) is 25.3 Å². The molecule has 1 aliphatic rings. The Morgan fingerprint density at radius 3 is 2.44 bits per heavy atom. The summed E-state index contributed by atoms with van der Waals surface area (Å²) < 4.78 is 31.7. The molecule has 0 bridgehead atoms. The number of aliphatic carboxylic acids is 1. The Bertz CT molecular complexity index is 613. The number of aromatic amines is 1. The van der Waals surface area contributed by atoms with E-state index in [-0.39, 0.29) is 11.9 Å². The van der Waals surface area contributed by atoms with Crippen LogP contribution in [0.15, 0.2) is 12.7 Å².